The number of fused-ring (bicyclic) bond motifs is 1. The number of para-hydroxylation sites is 3. The van der Waals surface area contributed by atoms with Gasteiger partial charge in [0.2, 0.25) is 0 Å². The van der Waals surface area contributed by atoms with E-state index >= 15 is 0 Å². The highest BCUT2D eigenvalue weighted by molar-refractivity contribution is 5.83. The number of aromatic nitrogens is 2. The van der Waals surface area contributed by atoms with Crippen LogP contribution >= 0.6 is 0 Å². The van der Waals surface area contributed by atoms with Gasteiger partial charge in [0.1, 0.15) is 5.82 Å². The van der Waals surface area contributed by atoms with Crippen LogP contribution in [-0.2, 0) is 0 Å². The first-order valence-corrected chi connectivity index (χ1v) is 7.47. The summed E-state index contributed by atoms with van der Waals surface area (Å²) >= 11 is 0. The Labute approximate surface area is 135 Å². The van der Waals surface area contributed by atoms with Crippen molar-refractivity contribution in [2.24, 2.45) is 0 Å². The van der Waals surface area contributed by atoms with Gasteiger partial charge in [-0.1, -0.05) is 48.4 Å². The summed E-state index contributed by atoms with van der Waals surface area (Å²) in [5.74, 6) is 3.57. The van der Waals surface area contributed by atoms with Crippen LogP contribution in [0.5, 0.6) is 0 Å². The maximum Gasteiger partial charge on any atom is 0.145 e. The molecule has 4 rings (SSSR count). The van der Waals surface area contributed by atoms with Gasteiger partial charge in [-0.25, -0.2) is 4.98 Å². The molecule has 3 aromatic carbocycles. The molecule has 1 heterocycles. The van der Waals surface area contributed by atoms with Crippen LogP contribution in [0.1, 0.15) is 5.56 Å². The molecule has 0 radical (unpaired) electrons. The number of hydrogen-bond donors (Lipinski definition) is 0. The topological polar surface area (TPSA) is 17.8 Å². The fraction of sp³-hybridized carbons (Fsp3) is 0. The fourth-order valence-electron chi connectivity index (χ4n) is 2.77. The van der Waals surface area contributed by atoms with Gasteiger partial charge in [0.05, 0.1) is 11.0 Å². The zero-order valence-corrected chi connectivity index (χ0v) is 12.5. The van der Waals surface area contributed by atoms with Gasteiger partial charge in [-0.2, -0.15) is 0 Å². The predicted molar refractivity (Wildman–Crippen MR) is 94.4 cm³/mol. The number of rotatable bonds is 2. The summed E-state index contributed by atoms with van der Waals surface area (Å²) in [6, 6.07) is 26.4. The molecule has 2 nitrogen and oxygen atoms in total. The third-order valence-corrected chi connectivity index (χ3v) is 3.88. The molecule has 108 valence electrons. The van der Waals surface area contributed by atoms with Gasteiger partial charge in [-0.05, 0) is 36.4 Å². The largest absolute Gasteiger partial charge is 0.292 e. The Bertz CT molecular complexity index is 1000. The summed E-state index contributed by atoms with van der Waals surface area (Å²) in [6.45, 7) is 0. The number of hydrogen-bond acceptors (Lipinski definition) is 1. The standard InChI is InChI=1S/C21H14N2/c1-2-16-12-14-17(15-13-16)21-22-19-10-6-7-11-20(19)23(21)18-8-4-3-5-9-18/h1,3-15H. The van der Waals surface area contributed by atoms with Gasteiger partial charge in [0, 0.05) is 16.8 Å². The fourth-order valence-corrected chi connectivity index (χ4v) is 2.77. The number of benzene rings is 3. The molecule has 0 aliphatic rings. The van der Waals surface area contributed by atoms with E-state index in [1.165, 1.54) is 0 Å². The third kappa shape index (κ3) is 2.29. The van der Waals surface area contributed by atoms with Crippen molar-refractivity contribution in [2.45, 2.75) is 0 Å². The van der Waals surface area contributed by atoms with E-state index in [0.29, 0.717) is 0 Å². The highest BCUT2D eigenvalue weighted by Crippen LogP contribution is 2.28. The highest BCUT2D eigenvalue weighted by atomic mass is 15.1. The molecule has 4 aromatic rings. The monoisotopic (exact) mass is 294 g/mol. The summed E-state index contributed by atoms with van der Waals surface area (Å²) in [5, 5.41) is 0. The molecule has 2 heteroatoms. The van der Waals surface area contributed by atoms with Crippen LogP contribution in [-0.4, -0.2) is 9.55 Å². The number of nitrogens with zero attached hydrogens (tertiary/aromatic N) is 2. The lowest BCUT2D eigenvalue weighted by atomic mass is 10.1. The molecular weight excluding hydrogens is 280 g/mol. The summed E-state index contributed by atoms with van der Waals surface area (Å²) < 4.78 is 2.18. The van der Waals surface area contributed by atoms with Crippen LogP contribution in [0, 0.1) is 12.3 Å². The van der Waals surface area contributed by atoms with Crippen LogP contribution in [0.3, 0.4) is 0 Å². The van der Waals surface area contributed by atoms with Gasteiger partial charge in [0.15, 0.2) is 0 Å². The quantitative estimate of drug-likeness (QED) is 0.491. The molecule has 0 N–H and O–H groups in total. The minimum absolute atomic E-state index is 0.871. The molecule has 0 aliphatic heterocycles. The molecule has 0 aliphatic carbocycles. The molecule has 0 unspecified atom stereocenters. The number of terminal acetylenes is 1. The smallest absolute Gasteiger partial charge is 0.145 e. The highest BCUT2D eigenvalue weighted by Gasteiger charge is 2.13. The van der Waals surface area contributed by atoms with Crippen molar-refractivity contribution in [1.29, 1.82) is 0 Å². The second-order valence-electron chi connectivity index (χ2n) is 5.32. The van der Waals surface area contributed by atoms with Crippen LogP contribution in [0.2, 0.25) is 0 Å². The molecule has 1 aromatic heterocycles. The van der Waals surface area contributed by atoms with Crippen molar-refractivity contribution in [3.8, 4) is 29.4 Å². The minimum atomic E-state index is 0.871. The molecule has 0 fully saturated rings. The van der Waals surface area contributed by atoms with Crippen molar-refractivity contribution in [3.63, 3.8) is 0 Å². The first-order valence-electron chi connectivity index (χ1n) is 7.47. The Morgan fingerprint density at radius 1 is 0.783 bits per heavy atom. The van der Waals surface area contributed by atoms with Crippen molar-refractivity contribution < 1.29 is 0 Å². The second-order valence-corrected chi connectivity index (χ2v) is 5.32. The van der Waals surface area contributed by atoms with Gasteiger partial charge in [0.25, 0.3) is 0 Å². The van der Waals surface area contributed by atoms with Gasteiger partial charge >= 0.3 is 0 Å². The molecular formula is C21H14N2. The maximum atomic E-state index is 5.45. The van der Waals surface area contributed by atoms with E-state index in [0.717, 1.165) is 33.7 Å². The Kier molecular flexibility index (Phi) is 3.18. The molecule has 0 amide bonds. The summed E-state index contributed by atoms with van der Waals surface area (Å²) in [6.07, 6.45) is 5.45. The van der Waals surface area contributed by atoms with Crippen molar-refractivity contribution in [2.75, 3.05) is 0 Å². The zero-order valence-electron chi connectivity index (χ0n) is 12.5. The molecule has 0 saturated heterocycles. The lowest BCUT2D eigenvalue weighted by Crippen LogP contribution is -1.97. The van der Waals surface area contributed by atoms with Gasteiger partial charge in [-0.15, -0.1) is 6.42 Å². The summed E-state index contributed by atoms with van der Waals surface area (Å²) in [7, 11) is 0. The lowest BCUT2D eigenvalue weighted by molar-refractivity contribution is 1.10. The average molecular weight is 294 g/mol. The Morgan fingerprint density at radius 3 is 2.22 bits per heavy atom. The van der Waals surface area contributed by atoms with Crippen molar-refractivity contribution in [1.82, 2.24) is 9.55 Å². The maximum absolute atomic E-state index is 5.45. The van der Waals surface area contributed by atoms with E-state index in [-0.39, 0.29) is 0 Å². The second kappa shape index (κ2) is 5.47. The lowest BCUT2D eigenvalue weighted by Gasteiger charge is -2.09. The minimum Gasteiger partial charge on any atom is -0.292 e. The summed E-state index contributed by atoms with van der Waals surface area (Å²) in [5.41, 5.74) is 5.08. The van der Waals surface area contributed by atoms with Crippen molar-refractivity contribution in [3.05, 3.63) is 84.4 Å². The molecule has 0 bridgehead atoms. The van der Waals surface area contributed by atoms with E-state index in [2.05, 4.69) is 28.7 Å². The predicted octanol–water partition coefficient (Wildman–Crippen LogP) is 4.67. The van der Waals surface area contributed by atoms with Crippen molar-refractivity contribution >= 4 is 11.0 Å². The third-order valence-electron chi connectivity index (χ3n) is 3.88. The van der Waals surface area contributed by atoms with Crippen LogP contribution < -0.4 is 0 Å². The Morgan fingerprint density at radius 2 is 1.48 bits per heavy atom. The van der Waals surface area contributed by atoms with E-state index < -0.39 is 0 Å². The normalized spacial score (nSPS) is 10.6. The van der Waals surface area contributed by atoms with Gasteiger partial charge < -0.3 is 0 Å². The molecule has 0 atom stereocenters. The SMILES string of the molecule is C#Cc1ccc(-c2nc3ccccc3n2-c2ccccc2)cc1. The summed E-state index contributed by atoms with van der Waals surface area (Å²) in [4.78, 5) is 4.83. The van der Waals surface area contributed by atoms with E-state index in [1.807, 2.05) is 60.7 Å². The number of imidazole rings is 1. The Hall–Kier alpha value is -3.31. The van der Waals surface area contributed by atoms with E-state index in [9.17, 15) is 0 Å². The first-order chi connectivity index (χ1) is 11.4. The molecule has 23 heavy (non-hydrogen) atoms. The van der Waals surface area contributed by atoms with Crippen LogP contribution in [0.25, 0.3) is 28.1 Å². The van der Waals surface area contributed by atoms with Crippen LogP contribution in [0.15, 0.2) is 78.9 Å². The average Bonchev–Trinajstić information content (AvgIpc) is 3.02. The van der Waals surface area contributed by atoms with E-state index in [1.54, 1.807) is 0 Å². The van der Waals surface area contributed by atoms with Crippen LogP contribution in [0.4, 0.5) is 0 Å². The first kappa shape index (κ1) is 13.4. The molecule has 0 saturated carbocycles. The van der Waals surface area contributed by atoms with E-state index in [4.69, 9.17) is 11.4 Å². The zero-order chi connectivity index (χ0) is 15.6. The Balaban J connectivity index is 2.00. The molecule has 0 spiro atoms. The van der Waals surface area contributed by atoms with Gasteiger partial charge in [-0.3, -0.25) is 4.57 Å².